The highest BCUT2D eigenvalue weighted by Crippen LogP contribution is 2.54. The van der Waals surface area contributed by atoms with E-state index in [9.17, 15) is 27.2 Å². The van der Waals surface area contributed by atoms with Gasteiger partial charge in [-0.15, -0.1) is 0 Å². The van der Waals surface area contributed by atoms with Crippen molar-refractivity contribution >= 4 is 23.4 Å². The second kappa shape index (κ2) is 8.36. The fourth-order valence-electron chi connectivity index (χ4n) is 4.66. The largest absolute Gasteiger partial charge is 0.487 e. The molecule has 0 radical (unpaired) electrons. The summed E-state index contributed by atoms with van der Waals surface area (Å²) < 4.78 is 64.7. The van der Waals surface area contributed by atoms with Gasteiger partial charge in [0.25, 0.3) is 0 Å². The van der Waals surface area contributed by atoms with Crippen molar-refractivity contribution in [2.24, 2.45) is 0 Å². The molecule has 3 N–H and O–H groups in total. The Labute approximate surface area is 207 Å². The lowest BCUT2D eigenvalue weighted by atomic mass is 10.1. The van der Waals surface area contributed by atoms with Crippen molar-refractivity contribution in [1.29, 1.82) is 0 Å². The summed E-state index contributed by atoms with van der Waals surface area (Å²) in [5, 5.41) is 7.50. The third-order valence-electron chi connectivity index (χ3n) is 6.50. The zero-order valence-corrected chi connectivity index (χ0v) is 18.9. The summed E-state index contributed by atoms with van der Waals surface area (Å²) in [7, 11) is 0. The Morgan fingerprint density at radius 2 is 1.97 bits per heavy atom. The summed E-state index contributed by atoms with van der Waals surface area (Å²) in [6, 6.07) is 7.50. The number of hydrogen-bond acceptors (Lipinski definition) is 5. The lowest BCUT2D eigenvalue weighted by Gasteiger charge is -2.19. The van der Waals surface area contributed by atoms with Crippen LogP contribution in [0, 0.1) is 5.82 Å². The molecule has 6 rings (SSSR count). The number of alkyl halides is 3. The van der Waals surface area contributed by atoms with Crippen LogP contribution in [-0.4, -0.2) is 29.1 Å². The Hall–Kier alpha value is -4.35. The smallest absolute Gasteiger partial charge is 0.416 e. The lowest BCUT2D eigenvalue weighted by Crippen LogP contribution is -2.34. The number of rotatable bonds is 4. The van der Waals surface area contributed by atoms with E-state index in [1.54, 1.807) is 30.5 Å². The van der Waals surface area contributed by atoms with Crippen LogP contribution in [-0.2, 0) is 17.4 Å². The molecule has 190 valence electrons. The third-order valence-corrected chi connectivity index (χ3v) is 6.50. The highest BCUT2D eigenvalue weighted by Gasteiger charge is 2.59. The average molecular weight is 514 g/mol. The zero-order valence-electron chi connectivity index (χ0n) is 18.9. The predicted molar refractivity (Wildman–Crippen MR) is 122 cm³/mol. The van der Waals surface area contributed by atoms with Crippen molar-refractivity contribution < 1.29 is 36.6 Å². The molecule has 3 atom stereocenters. The number of amides is 3. The number of anilines is 2. The van der Waals surface area contributed by atoms with E-state index in [2.05, 4.69) is 20.9 Å². The minimum absolute atomic E-state index is 0.107. The molecule has 0 saturated heterocycles. The van der Waals surface area contributed by atoms with Crippen LogP contribution in [0.3, 0.4) is 0 Å². The number of nitrogens with one attached hydrogen (secondary N) is 3. The number of aromatic nitrogens is 1. The number of hydrogen-bond donors (Lipinski definition) is 3. The number of urea groups is 1. The van der Waals surface area contributed by atoms with E-state index in [-0.39, 0.29) is 17.9 Å². The van der Waals surface area contributed by atoms with Crippen molar-refractivity contribution in [3.8, 4) is 17.2 Å². The van der Waals surface area contributed by atoms with E-state index in [0.717, 1.165) is 11.1 Å². The minimum Gasteiger partial charge on any atom is -0.487 e. The van der Waals surface area contributed by atoms with E-state index < -0.39 is 35.3 Å². The molecule has 1 aliphatic carbocycles. The van der Waals surface area contributed by atoms with Gasteiger partial charge in [-0.25, -0.2) is 14.2 Å². The molecular weight excluding hydrogens is 496 g/mol. The lowest BCUT2D eigenvalue weighted by molar-refractivity contribution is -0.137. The van der Waals surface area contributed by atoms with Crippen LogP contribution in [0.5, 0.6) is 17.2 Å². The number of pyridine rings is 1. The number of nitrogens with zero attached hydrogens (tertiary/aromatic N) is 1. The number of carbonyl (C=O) groups excluding carboxylic acids is 2. The van der Waals surface area contributed by atoms with Crippen molar-refractivity contribution in [2.45, 2.75) is 37.1 Å². The highest BCUT2D eigenvalue weighted by molar-refractivity contribution is 5.93. The fraction of sp³-hybridized carbons (Fsp3) is 0.240. The summed E-state index contributed by atoms with van der Waals surface area (Å²) in [5.41, 5.74) is -0.0578. The Kier molecular flexibility index (Phi) is 5.21. The van der Waals surface area contributed by atoms with Gasteiger partial charge in [0.1, 0.15) is 35.0 Å². The molecule has 0 bridgehead atoms. The number of halogens is 4. The molecule has 2 aromatic carbocycles. The van der Waals surface area contributed by atoms with Gasteiger partial charge in [-0.1, -0.05) is 0 Å². The topological polar surface area (TPSA) is 102 Å². The van der Waals surface area contributed by atoms with Gasteiger partial charge in [0.15, 0.2) is 0 Å². The van der Waals surface area contributed by atoms with Crippen LogP contribution in [0.2, 0.25) is 0 Å². The van der Waals surface area contributed by atoms with Gasteiger partial charge < -0.3 is 25.4 Å². The SMILES string of the molecule is O=C1CCc2c(Oc3ccc4c(c3)C3C(NC(=O)Nc5cc(C(F)(F)F)ccc5F)C3O4)ccnc2N1. The van der Waals surface area contributed by atoms with E-state index in [0.29, 0.717) is 54.1 Å². The second-order valence-corrected chi connectivity index (χ2v) is 8.91. The first-order valence-electron chi connectivity index (χ1n) is 11.4. The first-order chi connectivity index (χ1) is 17.7. The summed E-state index contributed by atoms with van der Waals surface area (Å²) in [4.78, 5) is 28.2. The predicted octanol–water partition coefficient (Wildman–Crippen LogP) is 4.97. The molecule has 3 heterocycles. The van der Waals surface area contributed by atoms with Gasteiger partial charge in [-0.2, -0.15) is 13.2 Å². The molecule has 8 nitrogen and oxygen atoms in total. The number of benzene rings is 2. The summed E-state index contributed by atoms with van der Waals surface area (Å²) in [5.74, 6) is 0.899. The molecule has 2 aliphatic heterocycles. The van der Waals surface area contributed by atoms with Crippen LogP contribution in [0.25, 0.3) is 0 Å². The Bertz CT molecular complexity index is 1440. The van der Waals surface area contributed by atoms with E-state index in [1.807, 2.05) is 0 Å². The average Bonchev–Trinajstić information content (AvgIpc) is 3.35. The quantitative estimate of drug-likeness (QED) is 0.427. The van der Waals surface area contributed by atoms with Crippen molar-refractivity contribution in [3.63, 3.8) is 0 Å². The molecule has 1 saturated carbocycles. The fourth-order valence-corrected chi connectivity index (χ4v) is 4.66. The van der Waals surface area contributed by atoms with Crippen LogP contribution >= 0.6 is 0 Å². The minimum atomic E-state index is -4.67. The molecule has 3 amide bonds. The maximum Gasteiger partial charge on any atom is 0.416 e. The Morgan fingerprint density at radius 1 is 1.14 bits per heavy atom. The maximum absolute atomic E-state index is 14.0. The molecule has 0 spiro atoms. The Balaban J connectivity index is 1.14. The van der Waals surface area contributed by atoms with Gasteiger partial charge in [0, 0.05) is 23.7 Å². The van der Waals surface area contributed by atoms with Crippen molar-refractivity contribution in [3.05, 3.63) is 71.2 Å². The third kappa shape index (κ3) is 4.28. The molecule has 37 heavy (non-hydrogen) atoms. The molecule has 3 aromatic rings. The van der Waals surface area contributed by atoms with E-state index in [4.69, 9.17) is 9.47 Å². The zero-order chi connectivity index (χ0) is 25.9. The van der Waals surface area contributed by atoms with Crippen LogP contribution in [0.1, 0.15) is 29.0 Å². The van der Waals surface area contributed by atoms with Gasteiger partial charge in [-0.05, 0) is 48.9 Å². The number of ether oxygens (including phenoxy) is 2. The standard InChI is InChI=1S/C25H18F4N4O4/c26-15-4-1-11(25(27,28)29)9-16(15)31-24(35)33-21-20-14-10-12(2-5-17(14)37-22(20)21)36-18-7-8-30-23-13(18)3-6-19(34)32-23/h1-2,4-5,7-10,20-22H,3,6H2,(H,30,32,34)(H2,31,33,35). The first-order valence-corrected chi connectivity index (χ1v) is 11.4. The van der Waals surface area contributed by atoms with E-state index >= 15 is 0 Å². The van der Waals surface area contributed by atoms with Crippen molar-refractivity contribution in [1.82, 2.24) is 10.3 Å². The molecule has 1 aromatic heterocycles. The monoisotopic (exact) mass is 514 g/mol. The van der Waals surface area contributed by atoms with Gasteiger partial charge in [0.2, 0.25) is 5.91 Å². The van der Waals surface area contributed by atoms with Crippen LogP contribution in [0.15, 0.2) is 48.7 Å². The van der Waals surface area contributed by atoms with Gasteiger partial charge >= 0.3 is 12.2 Å². The molecule has 1 fully saturated rings. The highest BCUT2D eigenvalue weighted by atomic mass is 19.4. The van der Waals surface area contributed by atoms with Gasteiger partial charge in [0.05, 0.1) is 23.2 Å². The summed E-state index contributed by atoms with van der Waals surface area (Å²) >= 11 is 0. The van der Waals surface area contributed by atoms with Crippen molar-refractivity contribution in [2.75, 3.05) is 10.6 Å². The summed E-state index contributed by atoms with van der Waals surface area (Å²) in [6.07, 6.45) is -2.66. The van der Waals surface area contributed by atoms with Crippen LogP contribution in [0.4, 0.5) is 33.9 Å². The van der Waals surface area contributed by atoms with E-state index in [1.165, 1.54) is 0 Å². The number of fused-ring (bicyclic) bond motifs is 4. The summed E-state index contributed by atoms with van der Waals surface area (Å²) in [6.45, 7) is 0. The van der Waals surface area contributed by atoms with Gasteiger partial charge in [-0.3, -0.25) is 4.79 Å². The number of carbonyl (C=O) groups is 2. The maximum atomic E-state index is 14.0. The molecular formula is C25H18F4N4O4. The normalized spacial score (nSPS) is 21.1. The first kappa shape index (κ1) is 23.1. The van der Waals surface area contributed by atoms with Crippen LogP contribution < -0.4 is 25.4 Å². The molecule has 12 heteroatoms. The molecule has 3 aliphatic rings. The molecule has 3 unspecified atom stereocenters. The Morgan fingerprint density at radius 3 is 2.78 bits per heavy atom. The second-order valence-electron chi connectivity index (χ2n) is 8.91.